The van der Waals surface area contributed by atoms with Gasteiger partial charge in [0.1, 0.15) is 5.75 Å². The van der Waals surface area contributed by atoms with Crippen LogP contribution in [0.1, 0.15) is 107 Å². The Balaban J connectivity index is 3.52. The number of unbranched alkanes of at least 4 members (excludes halogenated alkanes) is 3. The number of hydrogen-bond acceptors (Lipinski definition) is 1. The number of phenols is 1. The summed E-state index contributed by atoms with van der Waals surface area (Å²) in [7, 11) is 0. The minimum Gasteiger partial charge on any atom is -0.507 e. The van der Waals surface area contributed by atoms with Crippen molar-refractivity contribution in [1.29, 1.82) is 0 Å². The molecule has 0 unspecified atom stereocenters. The standard InChI is InChI=1S/C23H40O/c1-6-11-15-19-18(10-5)21(14-9-4)23(24)22(17-13-8-3)20(19)16-12-7-2/h24H,6-17H2,1-5H3. The zero-order valence-electron chi connectivity index (χ0n) is 16.9. The molecule has 0 aliphatic heterocycles. The number of rotatable bonds is 12. The Morgan fingerprint density at radius 2 is 0.917 bits per heavy atom. The fraction of sp³-hybridized carbons (Fsp3) is 0.739. The molecule has 0 aliphatic rings. The normalized spacial score (nSPS) is 11.2. The molecule has 1 aromatic carbocycles. The molecule has 138 valence electrons. The lowest BCUT2D eigenvalue weighted by Gasteiger charge is -2.24. The van der Waals surface area contributed by atoms with Crippen LogP contribution in [0.25, 0.3) is 0 Å². The third kappa shape index (κ3) is 5.26. The number of aromatic hydroxyl groups is 1. The van der Waals surface area contributed by atoms with Crippen molar-refractivity contribution >= 4 is 0 Å². The van der Waals surface area contributed by atoms with Crippen molar-refractivity contribution in [2.45, 2.75) is 112 Å². The zero-order chi connectivity index (χ0) is 17.9. The van der Waals surface area contributed by atoms with Gasteiger partial charge in [0.15, 0.2) is 0 Å². The molecule has 0 radical (unpaired) electrons. The lowest BCUT2D eigenvalue weighted by molar-refractivity contribution is 0.455. The Morgan fingerprint density at radius 1 is 0.500 bits per heavy atom. The van der Waals surface area contributed by atoms with E-state index < -0.39 is 0 Å². The molecule has 0 heterocycles. The van der Waals surface area contributed by atoms with Crippen LogP contribution in [0, 0.1) is 0 Å². The Morgan fingerprint density at radius 3 is 1.33 bits per heavy atom. The fourth-order valence-electron chi connectivity index (χ4n) is 3.89. The van der Waals surface area contributed by atoms with Crippen molar-refractivity contribution in [1.82, 2.24) is 0 Å². The van der Waals surface area contributed by atoms with Crippen molar-refractivity contribution < 1.29 is 5.11 Å². The van der Waals surface area contributed by atoms with Gasteiger partial charge in [0.2, 0.25) is 0 Å². The highest BCUT2D eigenvalue weighted by Gasteiger charge is 2.21. The first-order valence-corrected chi connectivity index (χ1v) is 10.5. The molecule has 24 heavy (non-hydrogen) atoms. The van der Waals surface area contributed by atoms with Gasteiger partial charge in [-0.1, -0.05) is 60.3 Å². The van der Waals surface area contributed by atoms with Crippen molar-refractivity contribution in [3.63, 3.8) is 0 Å². The second kappa shape index (κ2) is 11.6. The minimum absolute atomic E-state index is 0.647. The summed E-state index contributed by atoms with van der Waals surface area (Å²) in [5, 5.41) is 11.1. The smallest absolute Gasteiger partial charge is 0.122 e. The second-order valence-corrected chi connectivity index (χ2v) is 7.16. The van der Waals surface area contributed by atoms with Crippen molar-refractivity contribution in [3.8, 4) is 5.75 Å². The van der Waals surface area contributed by atoms with Crippen LogP contribution in [-0.2, 0) is 32.1 Å². The van der Waals surface area contributed by atoms with Crippen LogP contribution in [-0.4, -0.2) is 5.11 Å². The predicted molar refractivity (Wildman–Crippen MR) is 107 cm³/mol. The summed E-state index contributed by atoms with van der Waals surface area (Å²) in [5.41, 5.74) is 7.12. The van der Waals surface area contributed by atoms with Gasteiger partial charge < -0.3 is 5.11 Å². The molecule has 0 atom stereocenters. The quantitative estimate of drug-likeness (QED) is 0.440. The van der Waals surface area contributed by atoms with Gasteiger partial charge in [-0.2, -0.15) is 0 Å². The van der Waals surface area contributed by atoms with E-state index >= 15 is 0 Å². The van der Waals surface area contributed by atoms with Crippen LogP contribution in [0.2, 0.25) is 0 Å². The van der Waals surface area contributed by atoms with E-state index in [1.54, 1.807) is 5.56 Å². The monoisotopic (exact) mass is 332 g/mol. The number of phenolic OH excluding ortho intramolecular Hbond substituents is 1. The summed E-state index contributed by atoms with van der Waals surface area (Å²) in [4.78, 5) is 0. The first-order chi connectivity index (χ1) is 11.7. The van der Waals surface area contributed by atoms with Gasteiger partial charge in [-0.25, -0.2) is 0 Å². The zero-order valence-corrected chi connectivity index (χ0v) is 16.9. The molecular weight excluding hydrogens is 292 g/mol. The van der Waals surface area contributed by atoms with E-state index in [1.165, 1.54) is 67.2 Å². The highest BCUT2D eigenvalue weighted by molar-refractivity contribution is 5.56. The van der Waals surface area contributed by atoms with Gasteiger partial charge in [0, 0.05) is 0 Å². The average Bonchev–Trinajstić information content (AvgIpc) is 2.59. The molecule has 0 amide bonds. The molecule has 1 aromatic rings. The summed E-state index contributed by atoms with van der Waals surface area (Å²) in [5.74, 6) is 0.647. The molecule has 1 nitrogen and oxygen atoms in total. The molecule has 1 rings (SSSR count). The van der Waals surface area contributed by atoms with Gasteiger partial charge >= 0.3 is 0 Å². The van der Waals surface area contributed by atoms with Crippen LogP contribution >= 0.6 is 0 Å². The molecule has 0 bridgehead atoms. The van der Waals surface area contributed by atoms with Crippen molar-refractivity contribution in [3.05, 3.63) is 27.8 Å². The number of hydrogen-bond donors (Lipinski definition) is 1. The fourth-order valence-corrected chi connectivity index (χ4v) is 3.89. The van der Waals surface area contributed by atoms with E-state index in [0.29, 0.717) is 5.75 Å². The third-order valence-electron chi connectivity index (χ3n) is 5.22. The van der Waals surface area contributed by atoms with Gasteiger partial charge in [-0.15, -0.1) is 0 Å². The lowest BCUT2D eigenvalue weighted by Crippen LogP contribution is -2.10. The molecule has 0 aliphatic carbocycles. The highest BCUT2D eigenvalue weighted by Crippen LogP contribution is 2.37. The second-order valence-electron chi connectivity index (χ2n) is 7.16. The molecule has 0 saturated heterocycles. The maximum absolute atomic E-state index is 11.1. The van der Waals surface area contributed by atoms with Gasteiger partial charge in [-0.05, 0) is 79.2 Å². The minimum atomic E-state index is 0.647. The molecule has 0 fully saturated rings. The van der Waals surface area contributed by atoms with E-state index in [1.807, 2.05) is 0 Å². The van der Waals surface area contributed by atoms with Crippen molar-refractivity contribution in [2.75, 3.05) is 0 Å². The summed E-state index contributed by atoms with van der Waals surface area (Å²) in [6.45, 7) is 11.3. The molecule has 0 spiro atoms. The van der Waals surface area contributed by atoms with Gasteiger partial charge in [0.25, 0.3) is 0 Å². The maximum Gasteiger partial charge on any atom is 0.122 e. The SMILES string of the molecule is CCCCc1c(O)c(CCC)c(CC)c(CCCC)c1CCCC. The lowest BCUT2D eigenvalue weighted by atomic mass is 9.82. The van der Waals surface area contributed by atoms with Gasteiger partial charge in [-0.3, -0.25) is 0 Å². The van der Waals surface area contributed by atoms with E-state index in [9.17, 15) is 5.11 Å². The summed E-state index contributed by atoms with van der Waals surface area (Å²) < 4.78 is 0. The maximum atomic E-state index is 11.1. The Hall–Kier alpha value is -0.980. The summed E-state index contributed by atoms with van der Waals surface area (Å²) in [6.07, 6.45) is 13.9. The van der Waals surface area contributed by atoms with E-state index in [4.69, 9.17) is 0 Å². The Labute approximate surface area is 150 Å². The summed E-state index contributed by atoms with van der Waals surface area (Å²) >= 11 is 0. The topological polar surface area (TPSA) is 20.2 Å². The van der Waals surface area contributed by atoms with Crippen LogP contribution in [0.4, 0.5) is 0 Å². The van der Waals surface area contributed by atoms with Crippen LogP contribution in [0.5, 0.6) is 5.75 Å². The first kappa shape index (κ1) is 21.1. The molecular formula is C23H40O. The Bertz CT molecular complexity index is 488. The third-order valence-corrected chi connectivity index (χ3v) is 5.22. The van der Waals surface area contributed by atoms with Crippen molar-refractivity contribution in [2.24, 2.45) is 0 Å². The summed E-state index contributed by atoms with van der Waals surface area (Å²) in [6, 6.07) is 0. The average molecular weight is 333 g/mol. The Kier molecular flexibility index (Phi) is 10.1. The molecule has 0 saturated carbocycles. The largest absolute Gasteiger partial charge is 0.507 e. The van der Waals surface area contributed by atoms with E-state index in [-0.39, 0.29) is 0 Å². The molecule has 1 heteroatoms. The van der Waals surface area contributed by atoms with E-state index in [0.717, 1.165) is 32.1 Å². The van der Waals surface area contributed by atoms with Gasteiger partial charge in [0.05, 0.1) is 0 Å². The number of benzene rings is 1. The van der Waals surface area contributed by atoms with Crippen LogP contribution < -0.4 is 0 Å². The molecule has 1 N–H and O–H groups in total. The van der Waals surface area contributed by atoms with Crippen LogP contribution in [0.3, 0.4) is 0 Å². The first-order valence-electron chi connectivity index (χ1n) is 10.5. The predicted octanol–water partition coefficient (Wildman–Crippen LogP) is 6.93. The highest BCUT2D eigenvalue weighted by atomic mass is 16.3. The molecule has 0 aromatic heterocycles. The van der Waals surface area contributed by atoms with E-state index in [2.05, 4.69) is 34.6 Å². The van der Waals surface area contributed by atoms with Crippen LogP contribution in [0.15, 0.2) is 0 Å².